The Balaban J connectivity index is 2.34. The molecule has 130 valence electrons. The highest BCUT2D eigenvalue weighted by molar-refractivity contribution is 7.97. The van der Waals surface area contributed by atoms with Crippen molar-refractivity contribution in [3.8, 4) is 0 Å². The van der Waals surface area contributed by atoms with Crippen LogP contribution in [0, 0.1) is 11.6 Å². The van der Waals surface area contributed by atoms with E-state index in [0.29, 0.717) is 11.9 Å². The lowest BCUT2D eigenvalue weighted by atomic mass is 10.1. The van der Waals surface area contributed by atoms with Crippen LogP contribution in [0.25, 0.3) is 0 Å². The van der Waals surface area contributed by atoms with Gasteiger partial charge in [0.1, 0.15) is 11.9 Å². The molecule has 0 amide bonds. The number of aromatic nitrogens is 1. The van der Waals surface area contributed by atoms with E-state index >= 15 is 0 Å². The molecule has 0 fully saturated rings. The van der Waals surface area contributed by atoms with Crippen LogP contribution >= 0.6 is 11.9 Å². The summed E-state index contributed by atoms with van der Waals surface area (Å²) in [6.07, 6.45) is -3.39. The zero-order valence-electron chi connectivity index (χ0n) is 12.6. The first kappa shape index (κ1) is 18.5. The Hall–Kier alpha value is -1.87. The second-order valence-corrected chi connectivity index (χ2v) is 6.30. The average Bonchev–Trinajstić information content (AvgIpc) is 2.45. The zero-order chi connectivity index (χ0) is 18.1. The predicted molar refractivity (Wildman–Crippen MR) is 80.5 cm³/mol. The Morgan fingerprint density at radius 2 is 1.75 bits per heavy atom. The molecule has 3 nitrogen and oxygen atoms in total. The fourth-order valence-corrected chi connectivity index (χ4v) is 3.20. The van der Waals surface area contributed by atoms with Crippen LogP contribution in [0.5, 0.6) is 0 Å². The number of nitrogens with zero attached hydrogens (tertiary/aromatic N) is 2. The van der Waals surface area contributed by atoms with Crippen LogP contribution in [0.2, 0.25) is 0 Å². The highest BCUT2D eigenvalue weighted by Crippen LogP contribution is 2.41. The first-order valence-corrected chi connectivity index (χ1v) is 7.46. The summed E-state index contributed by atoms with van der Waals surface area (Å²) in [5, 5.41) is 0. The highest BCUT2D eigenvalue weighted by Gasteiger charge is 2.44. The molecule has 2 aromatic rings. The molecule has 1 heterocycles. The van der Waals surface area contributed by atoms with Crippen molar-refractivity contribution in [2.45, 2.75) is 17.1 Å². The maximum atomic E-state index is 13.5. The Labute approximate surface area is 138 Å². The topological polar surface area (TPSA) is 25.2 Å². The number of halogens is 5. The molecular formula is C15H13F5N2OS. The van der Waals surface area contributed by atoms with Gasteiger partial charge < -0.3 is 4.57 Å². The number of alkyl halides is 3. The number of rotatable bonds is 4. The van der Waals surface area contributed by atoms with Gasteiger partial charge in [-0.15, -0.1) is 0 Å². The molecule has 0 aliphatic rings. The lowest BCUT2D eigenvalue weighted by molar-refractivity contribution is -0.169. The Bertz CT molecular complexity index is 747. The van der Waals surface area contributed by atoms with E-state index in [-0.39, 0.29) is 10.5 Å². The van der Waals surface area contributed by atoms with Crippen molar-refractivity contribution < 1.29 is 22.0 Å². The molecule has 1 unspecified atom stereocenters. The molecule has 1 atom stereocenters. The largest absolute Gasteiger partial charge is 0.408 e. The Morgan fingerprint density at radius 1 is 1.17 bits per heavy atom. The van der Waals surface area contributed by atoms with Crippen molar-refractivity contribution in [2.75, 3.05) is 7.05 Å². The van der Waals surface area contributed by atoms with Crippen LogP contribution in [0.3, 0.4) is 0 Å². The molecule has 0 aliphatic heterocycles. The molecule has 2 rings (SSSR count). The van der Waals surface area contributed by atoms with E-state index in [0.717, 1.165) is 39.2 Å². The van der Waals surface area contributed by atoms with Gasteiger partial charge in [0.2, 0.25) is 0 Å². The molecule has 0 N–H and O–H groups in total. The monoisotopic (exact) mass is 364 g/mol. The molecule has 0 radical (unpaired) electrons. The maximum absolute atomic E-state index is 13.5. The van der Waals surface area contributed by atoms with E-state index < -0.39 is 29.4 Å². The van der Waals surface area contributed by atoms with Gasteiger partial charge in [0.05, 0.1) is 0 Å². The van der Waals surface area contributed by atoms with Crippen molar-refractivity contribution in [1.82, 2.24) is 8.87 Å². The average molecular weight is 364 g/mol. The lowest BCUT2D eigenvalue weighted by Crippen LogP contribution is -2.32. The molecule has 0 bridgehead atoms. The van der Waals surface area contributed by atoms with Gasteiger partial charge in [0, 0.05) is 18.1 Å². The Morgan fingerprint density at radius 3 is 2.25 bits per heavy atom. The summed E-state index contributed by atoms with van der Waals surface area (Å²) in [5.41, 5.74) is -1.02. The third kappa shape index (κ3) is 4.15. The third-order valence-electron chi connectivity index (χ3n) is 3.22. The summed E-state index contributed by atoms with van der Waals surface area (Å²) in [6, 6.07) is 2.83. The number of hydrogen-bond donors (Lipinski definition) is 0. The van der Waals surface area contributed by atoms with Crippen LogP contribution in [0.15, 0.2) is 46.2 Å². The SMILES string of the molecule is CN(Sc1cc(F)c(=O)n(C)c1)C(c1ccc(F)cc1)C(F)(F)F. The van der Waals surface area contributed by atoms with Crippen molar-refractivity contribution in [2.24, 2.45) is 7.05 Å². The minimum absolute atomic E-state index is 0.133. The van der Waals surface area contributed by atoms with Crippen molar-refractivity contribution in [3.63, 3.8) is 0 Å². The smallest absolute Gasteiger partial charge is 0.315 e. The lowest BCUT2D eigenvalue weighted by Gasteiger charge is -2.29. The van der Waals surface area contributed by atoms with Gasteiger partial charge in [0.15, 0.2) is 5.82 Å². The van der Waals surface area contributed by atoms with Gasteiger partial charge in [-0.1, -0.05) is 12.1 Å². The molecule has 9 heteroatoms. The minimum atomic E-state index is -4.63. The van der Waals surface area contributed by atoms with E-state index in [2.05, 4.69) is 0 Å². The summed E-state index contributed by atoms with van der Waals surface area (Å²) < 4.78 is 68.5. The van der Waals surface area contributed by atoms with Crippen LogP contribution in [-0.4, -0.2) is 22.1 Å². The fourth-order valence-electron chi connectivity index (χ4n) is 2.16. The first-order chi connectivity index (χ1) is 11.1. The predicted octanol–water partition coefficient (Wildman–Crippen LogP) is 3.91. The van der Waals surface area contributed by atoms with E-state index in [4.69, 9.17) is 0 Å². The van der Waals surface area contributed by atoms with Crippen molar-refractivity contribution in [3.05, 3.63) is 64.1 Å². The third-order valence-corrected chi connectivity index (χ3v) is 4.16. The van der Waals surface area contributed by atoms with Crippen LogP contribution in [0.1, 0.15) is 11.6 Å². The van der Waals surface area contributed by atoms with E-state index in [1.807, 2.05) is 0 Å². The van der Waals surface area contributed by atoms with Gasteiger partial charge in [0.25, 0.3) is 5.56 Å². The van der Waals surface area contributed by atoms with E-state index in [9.17, 15) is 26.7 Å². The summed E-state index contributed by atoms with van der Waals surface area (Å²) in [5.74, 6) is -1.70. The second-order valence-electron chi connectivity index (χ2n) is 5.07. The van der Waals surface area contributed by atoms with Crippen molar-refractivity contribution >= 4 is 11.9 Å². The second kappa shape index (κ2) is 6.94. The molecule has 1 aromatic heterocycles. The molecular weight excluding hydrogens is 351 g/mol. The molecule has 0 saturated carbocycles. The van der Waals surface area contributed by atoms with Crippen LogP contribution in [-0.2, 0) is 7.05 Å². The Kier molecular flexibility index (Phi) is 5.34. The summed E-state index contributed by atoms with van der Waals surface area (Å²) in [4.78, 5) is 11.4. The number of benzene rings is 1. The summed E-state index contributed by atoms with van der Waals surface area (Å²) in [7, 11) is 2.49. The van der Waals surface area contributed by atoms with E-state index in [1.165, 1.54) is 20.3 Å². The molecule has 1 aromatic carbocycles. The minimum Gasteiger partial charge on any atom is -0.315 e. The van der Waals surface area contributed by atoms with Crippen LogP contribution in [0.4, 0.5) is 22.0 Å². The molecule has 0 spiro atoms. The van der Waals surface area contributed by atoms with Gasteiger partial charge in [-0.2, -0.15) is 13.2 Å². The molecule has 24 heavy (non-hydrogen) atoms. The van der Waals surface area contributed by atoms with Gasteiger partial charge >= 0.3 is 6.18 Å². The number of aryl methyl sites for hydroxylation is 1. The van der Waals surface area contributed by atoms with Crippen molar-refractivity contribution in [1.29, 1.82) is 0 Å². The van der Waals surface area contributed by atoms with Crippen LogP contribution < -0.4 is 5.56 Å². The van der Waals surface area contributed by atoms with Gasteiger partial charge in [-0.05, 0) is 42.8 Å². The summed E-state index contributed by atoms with van der Waals surface area (Å²) in [6.45, 7) is 0. The zero-order valence-corrected chi connectivity index (χ0v) is 13.5. The number of hydrogen-bond acceptors (Lipinski definition) is 3. The molecule has 0 saturated heterocycles. The quantitative estimate of drug-likeness (QED) is 0.608. The molecule has 0 aliphatic carbocycles. The highest BCUT2D eigenvalue weighted by atomic mass is 32.2. The first-order valence-electron chi connectivity index (χ1n) is 6.68. The van der Waals surface area contributed by atoms with Gasteiger partial charge in [-0.25, -0.2) is 13.1 Å². The maximum Gasteiger partial charge on any atom is 0.408 e. The number of pyridine rings is 1. The standard InChI is InChI=1S/C15H13F5N2OS/c1-21-8-11(7-12(17)14(21)23)24-22(2)13(15(18,19)20)9-3-5-10(16)6-4-9/h3-8,13H,1-2H3. The fraction of sp³-hybridized carbons (Fsp3) is 0.267. The van der Waals surface area contributed by atoms with E-state index in [1.54, 1.807) is 0 Å². The summed E-state index contributed by atoms with van der Waals surface area (Å²) >= 11 is 0.634. The normalized spacial score (nSPS) is 13.3. The van der Waals surface area contributed by atoms with Gasteiger partial charge in [-0.3, -0.25) is 4.79 Å².